The lowest BCUT2D eigenvalue weighted by Gasteiger charge is -2.22. The largest absolute Gasteiger partial charge is 0.493 e. The molecule has 0 aliphatic carbocycles. The molecule has 1 amide bonds. The van der Waals surface area contributed by atoms with E-state index in [0.717, 1.165) is 16.7 Å². The predicted molar refractivity (Wildman–Crippen MR) is 124 cm³/mol. The summed E-state index contributed by atoms with van der Waals surface area (Å²) in [6.07, 6.45) is 1.10. The molecule has 32 heavy (non-hydrogen) atoms. The predicted octanol–water partition coefficient (Wildman–Crippen LogP) is 4.42. The molecule has 0 spiro atoms. The Balaban J connectivity index is 1.35. The molecule has 0 unspecified atom stereocenters. The number of aromatic nitrogens is 1. The number of nitrogens with zero attached hydrogens (tertiary/aromatic N) is 2. The summed E-state index contributed by atoms with van der Waals surface area (Å²) in [7, 11) is -2.11. The molecule has 11 heteroatoms. The highest BCUT2D eigenvalue weighted by Gasteiger charge is 2.40. The smallest absolute Gasteiger partial charge is 0.253 e. The van der Waals surface area contributed by atoms with E-state index in [1.807, 2.05) is 24.3 Å². The monoisotopic (exact) mass is 489 g/mol. The average Bonchev–Trinajstić information content (AvgIpc) is 3.58. The molecule has 0 radical (unpaired) electrons. The number of amides is 1. The number of carbonyl (C=O) groups is 1. The minimum absolute atomic E-state index is 0.244. The third-order valence-corrected chi connectivity index (χ3v) is 9.32. The van der Waals surface area contributed by atoms with Gasteiger partial charge in [-0.15, -0.1) is 22.7 Å². The van der Waals surface area contributed by atoms with Crippen molar-refractivity contribution in [3.05, 3.63) is 47.2 Å². The Morgan fingerprint density at radius 2 is 2.16 bits per heavy atom. The van der Waals surface area contributed by atoms with Crippen molar-refractivity contribution in [2.75, 3.05) is 19.0 Å². The fourth-order valence-electron chi connectivity index (χ4n) is 3.77. The molecule has 166 valence electrons. The van der Waals surface area contributed by atoms with Crippen LogP contribution in [0.25, 0.3) is 22.4 Å². The number of benzene rings is 1. The Hall–Kier alpha value is -2.73. The van der Waals surface area contributed by atoms with Gasteiger partial charge >= 0.3 is 0 Å². The van der Waals surface area contributed by atoms with Gasteiger partial charge in [0.2, 0.25) is 5.91 Å². The number of anilines is 1. The standard InChI is InChI=1S/C21H19N3O5S3/c1-28-16-7-2-5-13-11-17(29-19(13)16)14-12-31-21(22-14)23-20(25)15-6-3-9-24(15)32(26,27)18-8-4-10-30-18/h2,4-5,7-8,10-12,15H,3,6,9H2,1H3,(H,22,23,25)/t15-/m1/s1. The molecular formula is C21H19N3O5S3. The van der Waals surface area contributed by atoms with Crippen LogP contribution in [0.1, 0.15) is 12.8 Å². The normalized spacial score (nSPS) is 17.1. The first-order chi connectivity index (χ1) is 15.5. The fourth-order valence-corrected chi connectivity index (χ4v) is 7.25. The van der Waals surface area contributed by atoms with Crippen molar-refractivity contribution in [2.45, 2.75) is 23.1 Å². The van der Waals surface area contributed by atoms with Crippen LogP contribution >= 0.6 is 22.7 Å². The van der Waals surface area contributed by atoms with Crippen molar-refractivity contribution in [3.8, 4) is 17.2 Å². The number of thiazole rings is 1. The Kier molecular flexibility index (Phi) is 5.49. The molecule has 8 nitrogen and oxygen atoms in total. The van der Waals surface area contributed by atoms with Gasteiger partial charge in [-0.1, -0.05) is 18.2 Å². The van der Waals surface area contributed by atoms with Crippen molar-refractivity contribution >= 4 is 54.7 Å². The molecule has 1 aromatic carbocycles. The molecule has 1 fully saturated rings. The fraction of sp³-hybridized carbons (Fsp3) is 0.238. The third-order valence-electron chi connectivity index (χ3n) is 5.28. The summed E-state index contributed by atoms with van der Waals surface area (Å²) in [5.41, 5.74) is 1.21. The van der Waals surface area contributed by atoms with E-state index in [9.17, 15) is 13.2 Å². The molecule has 1 saturated heterocycles. The molecule has 1 atom stereocenters. The third kappa shape index (κ3) is 3.71. The Labute approximate surface area is 192 Å². The van der Waals surface area contributed by atoms with Gasteiger partial charge in [-0.25, -0.2) is 13.4 Å². The van der Waals surface area contributed by atoms with Crippen LogP contribution in [0.15, 0.2) is 55.8 Å². The lowest BCUT2D eigenvalue weighted by atomic mass is 10.2. The number of thiophene rings is 1. The lowest BCUT2D eigenvalue weighted by molar-refractivity contribution is -0.119. The van der Waals surface area contributed by atoms with Gasteiger partial charge in [0.25, 0.3) is 10.0 Å². The van der Waals surface area contributed by atoms with Crippen LogP contribution in [-0.2, 0) is 14.8 Å². The minimum atomic E-state index is -3.69. The van der Waals surface area contributed by atoms with Gasteiger partial charge in [0.05, 0.1) is 7.11 Å². The van der Waals surface area contributed by atoms with E-state index in [0.29, 0.717) is 47.3 Å². The Bertz CT molecular complexity index is 1370. The van der Waals surface area contributed by atoms with Gasteiger partial charge in [0.1, 0.15) is 15.9 Å². The zero-order valence-electron chi connectivity index (χ0n) is 17.0. The van der Waals surface area contributed by atoms with Crippen LogP contribution in [0.5, 0.6) is 5.75 Å². The first-order valence-corrected chi connectivity index (χ1v) is 13.1. The molecule has 3 aromatic heterocycles. The number of fused-ring (bicyclic) bond motifs is 1. The van der Waals surface area contributed by atoms with Crippen molar-refractivity contribution in [1.82, 2.24) is 9.29 Å². The van der Waals surface area contributed by atoms with Crippen LogP contribution in [0.3, 0.4) is 0 Å². The molecule has 5 rings (SSSR count). The summed E-state index contributed by atoms with van der Waals surface area (Å²) >= 11 is 2.41. The summed E-state index contributed by atoms with van der Waals surface area (Å²) in [5.74, 6) is 0.810. The quantitative estimate of drug-likeness (QED) is 0.430. The second-order valence-electron chi connectivity index (χ2n) is 7.22. The number of hydrogen-bond acceptors (Lipinski definition) is 8. The van der Waals surface area contributed by atoms with Gasteiger partial charge in [-0.3, -0.25) is 4.79 Å². The second-order valence-corrected chi connectivity index (χ2v) is 11.1. The van der Waals surface area contributed by atoms with Crippen LogP contribution in [0, 0.1) is 0 Å². The highest BCUT2D eigenvalue weighted by Crippen LogP contribution is 2.35. The highest BCUT2D eigenvalue weighted by molar-refractivity contribution is 7.91. The maximum atomic E-state index is 12.9. The van der Waals surface area contributed by atoms with Crippen molar-refractivity contribution in [1.29, 1.82) is 0 Å². The molecule has 0 saturated carbocycles. The van der Waals surface area contributed by atoms with Gasteiger partial charge in [-0.05, 0) is 36.4 Å². The average molecular weight is 490 g/mol. The Morgan fingerprint density at radius 1 is 1.28 bits per heavy atom. The molecule has 0 bridgehead atoms. The maximum absolute atomic E-state index is 12.9. The topological polar surface area (TPSA) is 102 Å². The Morgan fingerprint density at radius 3 is 2.94 bits per heavy atom. The first-order valence-electron chi connectivity index (χ1n) is 9.86. The summed E-state index contributed by atoms with van der Waals surface area (Å²) in [5, 5.41) is 7.55. The summed E-state index contributed by atoms with van der Waals surface area (Å²) in [4.78, 5) is 17.4. The molecule has 1 N–H and O–H groups in total. The second kappa shape index (κ2) is 8.32. The molecule has 1 aliphatic rings. The zero-order valence-corrected chi connectivity index (χ0v) is 19.4. The van der Waals surface area contributed by atoms with Gasteiger partial charge in [0.15, 0.2) is 22.2 Å². The highest BCUT2D eigenvalue weighted by atomic mass is 32.2. The molecular weight excluding hydrogens is 470 g/mol. The number of carbonyl (C=O) groups excluding carboxylic acids is 1. The number of ether oxygens (including phenoxy) is 1. The number of methoxy groups -OCH3 is 1. The number of rotatable bonds is 6. The number of furan rings is 1. The van der Waals surface area contributed by atoms with Crippen LogP contribution in [0.2, 0.25) is 0 Å². The zero-order chi connectivity index (χ0) is 22.3. The van der Waals surface area contributed by atoms with Crippen LogP contribution in [0.4, 0.5) is 5.13 Å². The summed E-state index contributed by atoms with van der Waals surface area (Å²) < 4.78 is 38.6. The molecule has 1 aliphatic heterocycles. The van der Waals surface area contributed by atoms with Crippen LogP contribution in [-0.4, -0.2) is 43.3 Å². The van der Waals surface area contributed by atoms with Gasteiger partial charge < -0.3 is 14.5 Å². The summed E-state index contributed by atoms with van der Waals surface area (Å²) in [6, 6.07) is 9.97. The van der Waals surface area contributed by atoms with E-state index < -0.39 is 16.1 Å². The minimum Gasteiger partial charge on any atom is -0.493 e. The number of nitrogens with one attached hydrogen (secondary N) is 1. The number of para-hydroxylation sites is 1. The van der Waals surface area contributed by atoms with E-state index in [-0.39, 0.29) is 10.1 Å². The first kappa shape index (κ1) is 21.1. The van der Waals surface area contributed by atoms with Crippen LogP contribution < -0.4 is 10.1 Å². The summed E-state index contributed by atoms with van der Waals surface area (Å²) in [6.45, 7) is 0.322. The van der Waals surface area contributed by atoms with E-state index in [2.05, 4.69) is 10.3 Å². The van der Waals surface area contributed by atoms with E-state index >= 15 is 0 Å². The van der Waals surface area contributed by atoms with Crippen molar-refractivity contribution < 1.29 is 22.4 Å². The lowest BCUT2D eigenvalue weighted by Crippen LogP contribution is -2.42. The van der Waals surface area contributed by atoms with E-state index in [1.165, 1.54) is 15.6 Å². The number of sulfonamides is 1. The SMILES string of the molecule is COc1cccc2cc(-c3csc(NC(=O)[C@H]4CCCN4S(=O)(=O)c4cccs4)n3)oc12. The van der Waals surface area contributed by atoms with E-state index in [4.69, 9.17) is 9.15 Å². The van der Waals surface area contributed by atoms with E-state index in [1.54, 1.807) is 30.0 Å². The van der Waals surface area contributed by atoms with Crippen molar-refractivity contribution in [2.24, 2.45) is 0 Å². The molecule has 4 heterocycles. The maximum Gasteiger partial charge on any atom is 0.253 e. The van der Waals surface area contributed by atoms with Gasteiger partial charge in [0, 0.05) is 17.3 Å². The molecule has 4 aromatic rings. The van der Waals surface area contributed by atoms with Gasteiger partial charge in [-0.2, -0.15) is 4.31 Å². The number of hydrogen-bond donors (Lipinski definition) is 1. The van der Waals surface area contributed by atoms with Crippen molar-refractivity contribution in [3.63, 3.8) is 0 Å².